The number of pyridine rings is 1. The molecule has 0 fully saturated rings. The molecule has 0 saturated heterocycles. The monoisotopic (exact) mass is 275 g/mol. The van der Waals surface area contributed by atoms with Crippen LogP contribution in [-0.4, -0.2) is 18.1 Å². The van der Waals surface area contributed by atoms with Crippen molar-refractivity contribution in [2.45, 2.75) is 6.92 Å². The molecule has 4 nitrogen and oxygen atoms in total. The second-order valence-electron chi connectivity index (χ2n) is 4.22. The van der Waals surface area contributed by atoms with Crippen molar-refractivity contribution in [1.82, 2.24) is 4.98 Å². The average molecular weight is 276 g/mol. The van der Waals surface area contributed by atoms with Crippen molar-refractivity contribution in [2.75, 3.05) is 7.11 Å². The lowest BCUT2D eigenvalue weighted by molar-refractivity contribution is 0.0594. The van der Waals surface area contributed by atoms with Gasteiger partial charge in [0.15, 0.2) is 11.3 Å². The summed E-state index contributed by atoms with van der Waals surface area (Å²) in [6, 6.07) is 7.19. The zero-order valence-electron chi connectivity index (χ0n) is 10.4. The number of carbonyl (C=O) groups excluding carboxylic acids is 1. The third-order valence-electron chi connectivity index (χ3n) is 2.93. The van der Waals surface area contributed by atoms with Gasteiger partial charge in [-0.15, -0.1) is 0 Å². The van der Waals surface area contributed by atoms with Crippen LogP contribution in [0.25, 0.3) is 21.9 Å². The van der Waals surface area contributed by atoms with Crippen molar-refractivity contribution >= 4 is 39.4 Å². The number of carbonyl (C=O) groups is 1. The van der Waals surface area contributed by atoms with Crippen molar-refractivity contribution in [1.29, 1.82) is 0 Å². The molecule has 0 spiro atoms. The van der Waals surface area contributed by atoms with Crippen LogP contribution in [0, 0.1) is 6.92 Å². The predicted molar refractivity (Wildman–Crippen MR) is 72.6 cm³/mol. The Labute approximate surface area is 113 Å². The molecule has 0 saturated carbocycles. The molecular weight excluding hydrogens is 266 g/mol. The van der Waals surface area contributed by atoms with Crippen LogP contribution >= 0.6 is 11.6 Å². The lowest BCUT2D eigenvalue weighted by Gasteiger charge is -2.04. The highest BCUT2D eigenvalue weighted by atomic mass is 35.5. The fourth-order valence-corrected chi connectivity index (χ4v) is 2.34. The number of halogens is 1. The second kappa shape index (κ2) is 4.24. The maximum absolute atomic E-state index is 11.6. The lowest BCUT2D eigenvalue weighted by atomic mass is 10.1. The number of furan rings is 1. The van der Waals surface area contributed by atoms with Crippen molar-refractivity contribution in [3.05, 3.63) is 40.7 Å². The molecule has 19 heavy (non-hydrogen) atoms. The Morgan fingerprint density at radius 2 is 2.16 bits per heavy atom. The Bertz CT molecular complexity index is 807. The molecule has 2 heterocycles. The summed E-state index contributed by atoms with van der Waals surface area (Å²) >= 11 is 6.18. The third-order valence-corrected chi connectivity index (χ3v) is 3.24. The summed E-state index contributed by atoms with van der Waals surface area (Å²) < 4.78 is 10.3. The zero-order chi connectivity index (χ0) is 13.6. The van der Waals surface area contributed by atoms with Gasteiger partial charge in [0.1, 0.15) is 11.3 Å². The number of nitrogens with zero attached hydrogens (tertiary/aromatic N) is 1. The van der Waals surface area contributed by atoms with Crippen LogP contribution in [0.2, 0.25) is 5.02 Å². The van der Waals surface area contributed by atoms with E-state index in [1.54, 1.807) is 0 Å². The summed E-state index contributed by atoms with van der Waals surface area (Å²) in [6.07, 6.45) is 0. The predicted octanol–water partition coefficient (Wildman–Crippen LogP) is 3.73. The number of rotatable bonds is 1. The summed E-state index contributed by atoms with van der Waals surface area (Å²) in [6.45, 7) is 1.86. The molecule has 0 aliphatic heterocycles. The summed E-state index contributed by atoms with van der Waals surface area (Å²) in [5.41, 5.74) is 1.36. The number of hydrogen-bond acceptors (Lipinski definition) is 4. The van der Waals surface area contributed by atoms with Crippen LogP contribution in [0.5, 0.6) is 0 Å². The minimum absolute atomic E-state index is 0.168. The van der Waals surface area contributed by atoms with Gasteiger partial charge in [0.25, 0.3) is 0 Å². The van der Waals surface area contributed by atoms with E-state index < -0.39 is 5.97 Å². The van der Waals surface area contributed by atoms with Gasteiger partial charge < -0.3 is 9.15 Å². The molecule has 0 bridgehead atoms. The summed E-state index contributed by atoms with van der Waals surface area (Å²) in [7, 11) is 1.31. The van der Waals surface area contributed by atoms with E-state index >= 15 is 0 Å². The number of aryl methyl sites for hydroxylation is 1. The molecule has 2 aromatic heterocycles. The van der Waals surface area contributed by atoms with E-state index in [0.717, 1.165) is 16.5 Å². The highest BCUT2D eigenvalue weighted by molar-refractivity contribution is 6.36. The highest BCUT2D eigenvalue weighted by Crippen LogP contribution is 2.31. The maximum Gasteiger partial charge on any atom is 0.356 e. The van der Waals surface area contributed by atoms with Gasteiger partial charge in [-0.25, -0.2) is 9.78 Å². The van der Waals surface area contributed by atoms with Gasteiger partial charge in [0.05, 0.1) is 12.1 Å². The Kier molecular flexibility index (Phi) is 2.68. The van der Waals surface area contributed by atoms with E-state index in [2.05, 4.69) is 9.72 Å². The minimum Gasteiger partial charge on any atom is -0.464 e. The normalized spacial score (nSPS) is 11.1. The quantitative estimate of drug-likeness (QED) is 0.635. The Morgan fingerprint density at radius 1 is 1.37 bits per heavy atom. The fourth-order valence-electron chi connectivity index (χ4n) is 2.08. The topological polar surface area (TPSA) is 52.3 Å². The number of aromatic nitrogens is 1. The van der Waals surface area contributed by atoms with Gasteiger partial charge >= 0.3 is 5.97 Å². The van der Waals surface area contributed by atoms with Crippen LogP contribution < -0.4 is 0 Å². The molecule has 5 heteroatoms. The van der Waals surface area contributed by atoms with Gasteiger partial charge in [0.2, 0.25) is 0 Å². The first kappa shape index (κ1) is 12.0. The first-order chi connectivity index (χ1) is 9.10. The molecule has 0 aliphatic carbocycles. The number of fused-ring (bicyclic) bond motifs is 3. The molecule has 1 aromatic carbocycles. The van der Waals surface area contributed by atoms with Gasteiger partial charge in [-0.3, -0.25) is 0 Å². The average Bonchev–Trinajstić information content (AvgIpc) is 2.78. The number of methoxy groups -OCH3 is 1. The number of benzene rings is 1. The third kappa shape index (κ3) is 1.85. The van der Waals surface area contributed by atoms with Crippen molar-refractivity contribution in [3.8, 4) is 0 Å². The molecule has 0 radical (unpaired) electrons. The highest BCUT2D eigenvalue weighted by Gasteiger charge is 2.15. The molecule has 0 aliphatic rings. The first-order valence-electron chi connectivity index (χ1n) is 5.68. The molecule has 0 N–H and O–H groups in total. The number of esters is 1. The first-order valence-corrected chi connectivity index (χ1v) is 6.05. The largest absolute Gasteiger partial charge is 0.464 e. The number of hydrogen-bond donors (Lipinski definition) is 0. The molecular formula is C14H10ClNO3. The van der Waals surface area contributed by atoms with E-state index in [9.17, 15) is 4.79 Å². The van der Waals surface area contributed by atoms with E-state index in [-0.39, 0.29) is 5.69 Å². The van der Waals surface area contributed by atoms with Gasteiger partial charge in [-0.05, 0) is 19.1 Å². The molecule has 3 rings (SSSR count). The molecule has 0 amide bonds. The van der Waals surface area contributed by atoms with E-state index in [0.29, 0.717) is 16.1 Å². The minimum atomic E-state index is -0.524. The SMILES string of the molecule is COC(=O)c1cc(Cl)c2ccc3cc(C)oc3c2n1. The van der Waals surface area contributed by atoms with Gasteiger partial charge in [-0.2, -0.15) is 0 Å². The van der Waals surface area contributed by atoms with Gasteiger partial charge in [-0.1, -0.05) is 23.7 Å². The van der Waals surface area contributed by atoms with Crippen molar-refractivity contribution in [3.63, 3.8) is 0 Å². The van der Waals surface area contributed by atoms with Crippen LogP contribution in [0.4, 0.5) is 0 Å². The van der Waals surface area contributed by atoms with Crippen molar-refractivity contribution < 1.29 is 13.9 Å². The molecule has 0 unspecified atom stereocenters. The number of ether oxygens (including phenoxy) is 1. The summed E-state index contributed by atoms with van der Waals surface area (Å²) in [4.78, 5) is 15.9. The smallest absolute Gasteiger partial charge is 0.356 e. The summed E-state index contributed by atoms with van der Waals surface area (Å²) in [5, 5.41) is 2.12. The standard InChI is InChI=1S/C14H10ClNO3/c1-7-5-8-3-4-9-10(15)6-11(14(17)18-2)16-12(9)13(8)19-7/h3-6H,1-2H3. The fraction of sp³-hybridized carbons (Fsp3) is 0.143. The molecule has 96 valence electrons. The second-order valence-corrected chi connectivity index (χ2v) is 4.63. The molecule has 3 aromatic rings. The van der Waals surface area contributed by atoms with Crippen LogP contribution in [0.15, 0.2) is 28.7 Å². The van der Waals surface area contributed by atoms with Gasteiger partial charge in [0, 0.05) is 10.8 Å². The van der Waals surface area contributed by atoms with Crippen molar-refractivity contribution in [2.24, 2.45) is 0 Å². The van der Waals surface area contributed by atoms with E-state index in [1.165, 1.54) is 13.2 Å². The van der Waals surface area contributed by atoms with Crippen LogP contribution in [-0.2, 0) is 4.74 Å². The van der Waals surface area contributed by atoms with Crippen LogP contribution in [0.1, 0.15) is 16.2 Å². The lowest BCUT2D eigenvalue weighted by Crippen LogP contribution is -2.04. The Morgan fingerprint density at radius 3 is 2.89 bits per heavy atom. The Balaban J connectivity index is 2.42. The molecule has 0 atom stereocenters. The van der Waals surface area contributed by atoms with E-state index in [4.69, 9.17) is 16.0 Å². The Hall–Kier alpha value is -2.07. The summed E-state index contributed by atoms with van der Waals surface area (Å²) in [5.74, 6) is 0.257. The van der Waals surface area contributed by atoms with Crippen LogP contribution in [0.3, 0.4) is 0 Å². The van der Waals surface area contributed by atoms with E-state index in [1.807, 2.05) is 25.1 Å². The maximum atomic E-state index is 11.6. The zero-order valence-corrected chi connectivity index (χ0v) is 11.1.